The van der Waals surface area contributed by atoms with Crippen molar-refractivity contribution in [3.63, 3.8) is 0 Å². The number of aldehydes is 1. The number of hydrogen-bond acceptors (Lipinski definition) is 2. The van der Waals surface area contributed by atoms with E-state index in [2.05, 4.69) is 4.98 Å². The van der Waals surface area contributed by atoms with Gasteiger partial charge in [-0.3, -0.25) is 4.79 Å². The van der Waals surface area contributed by atoms with Gasteiger partial charge in [0.05, 0.1) is 5.56 Å². The predicted molar refractivity (Wildman–Crippen MR) is 83.6 cm³/mol. The SMILES string of the molecule is O=Cc1nccn1Cc1ccc(-c2ccc(C(F)(F)F)cc2)cc1. The number of benzene rings is 2. The molecule has 0 aliphatic carbocycles. The highest BCUT2D eigenvalue weighted by Crippen LogP contribution is 2.31. The molecule has 2 aromatic carbocycles. The fourth-order valence-corrected chi connectivity index (χ4v) is 2.42. The quantitative estimate of drug-likeness (QED) is 0.663. The molecule has 0 saturated carbocycles. The first kappa shape index (κ1) is 16.0. The lowest BCUT2D eigenvalue weighted by Gasteiger charge is -2.09. The molecule has 0 spiro atoms. The molecule has 6 heteroatoms. The molecule has 0 bridgehead atoms. The van der Waals surface area contributed by atoms with Crippen molar-refractivity contribution in [1.82, 2.24) is 9.55 Å². The zero-order valence-corrected chi connectivity index (χ0v) is 12.5. The van der Waals surface area contributed by atoms with E-state index in [4.69, 9.17) is 0 Å². The summed E-state index contributed by atoms with van der Waals surface area (Å²) in [5, 5.41) is 0. The van der Waals surface area contributed by atoms with Gasteiger partial charge < -0.3 is 4.57 Å². The van der Waals surface area contributed by atoms with Crippen molar-refractivity contribution >= 4 is 6.29 Å². The Labute approximate surface area is 136 Å². The van der Waals surface area contributed by atoms with Crippen molar-refractivity contribution in [2.24, 2.45) is 0 Å². The van der Waals surface area contributed by atoms with Crippen molar-refractivity contribution in [2.45, 2.75) is 12.7 Å². The summed E-state index contributed by atoms with van der Waals surface area (Å²) in [6.45, 7) is 0.501. The van der Waals surface area contributed by atoms with Gasteiger partial charge >= 0.3 is 6.18 Å². The molecule has 122 valence electrons. The molecule has 0 atom stereocenters. The number of aromatic nitrogens is 2. The normalized spacial score (nSPS) is 11.5. The standard InChI is InChI=1S/C18H13F3N2O/c19-18(20,21)16-7-5-15(6-8-16)14-3-1-13(2-4-14)11-23-10-9-22-17(23)12-24/h1-10,12H,11H2. The molecule has 0 aliphatic rings. The predicted octanol–water partition coefficient (Wildman–Crippen LogP) is 4.43. The fraction of sp³-hybridized carbons (Fsp3) is 0.111. The van der Waals surface area contributed by atoms with Gasteiger partial charge in [0.25, 0.3) is 0 Å². The van der Waals surface area contributed by atoms with E-state index in [-0.39, 0.29) is 0 Å². The van der Waals surface area contributed by atoms with Gasteiger partial charge in [0, 0.05) is 18.9 Å². The summed E-state index contributed by atoms with van der Waals surface area (Å²) in [7, 11) is 0. The Morgan fingerprint density at radius 3 is 2.08 bits per heavy atom. The number of alkyl halides is 3. The van der Waals surface area contributed by atoms with Crippen molar-refractivity contribution in [2.75, 3.05) is 0 Å². The van der Waals surface area contributed by atoms with Gasteiger partial charge in [0.15, 0.2) is 12.1 Å². The van der Waals surface area contributed by atoms with Crippen LogP contribution in [0.4, 0.5) is 13.2 Å². The van der Waals surface area contributed by atoms with Crippen LogP contribution < -0.4 is 0 Å². The van der Waals surface area contributed by atoms with E-state index in [1.807, 2.05) is 24.3 Å². The summed E-state index contributed by atoms with van der Waals surface area (Å²) in [6.07, 6.45) is -0.367. The number of carbonyl (C=O) groups is 1. The van der Waals surface area contributed by atoms with Gasteiger partial charge in [-0.25, -0.2) is 4.98 Å². The first-order chi connectivity index (χ1) is 11.5. The maximum atomic E-state index is 12.6. The van der Waals surface area contributed by atoms with Crippen LogP contribution in [0.5, 0.6) is 0 Å². The lowest BCUT2D eigenvalue weighted by molar-refractivity contribution is -0.137. The third kappa shape index (κ3) is 3.37. The molecule has 3 aromatic rings. The molecule has 1 heterocycles. The fourth-order valence-electron chi connectivity index (χ4n) is 2.42. The maximum absolute atomic E-state index is 12.6. The zero-order valence-electron chi connectivity index (χ0n) is 12.5. The topological polar surface area (TPSA) is 34.9 Å². The minimum absolute atomic E-state index is 0.349. The Hall–Kier alpha value is -2.89. The number of halogens is 3. The van der Waals surface area contributed by atoms with E-state index in [0.717, 1.165) is 23.3 Å². The van der Waals surface area contributed by atoms with Crippen LogP contribution in [0.3, 0.4) is 0 Å². The lowest BCUT2D eigenvalue weighted by Crippen LogP contribution is -2.04. The molecule has 0 radical (unpaired) electrons. The van der Waals surface area contributed by atoms with Crippen molar-refractivity contribution in [3.8, 4) is 11.1 Å². The number of imidazole rings is 1. The second-order valence-electron chi connectivity index (χ2n) is 5.30. The Morgan fingerprint density at radius 1 is 0.958 bits per heavy atom. The van der Waals surface area contributed by atoms with E-state index in [1.54, 1.807) is 17.0 Å². The molecule has 0 saturated heterocycles. The van der Waals surface area contributed by atoms with Crippen LogP contribution in [0, 0.1) is 0 Å². The van der Waals surface area contributed by atoms with Gasteiger partial charge in [-0.1, -0.05) is 36.4 Å². The Morgan fingerprint density at radius 2 is 1.54 bits per heavy atom. The molecule has 0 unspecified atom stereocenters. The summed E-state index contributed by atoms with van der Waals surface area (Å²) in [6, 6.07) is 12.5. The highest BCUT2D eigenvalue weighted by atomic mass is 19.4. The lowest BCUT2D eigenvalue weighted by atomic mass is 10.0. The second-order valence-corrected chi connectivity index (χ2v) is 5.30. The third-order valence-corrected chi connectivity index (χ3v) is 3.71. The average Bonchev–Trinajstić information content (AvgIpc) is 3.02. The molecule has 3 rings (SSSR count). The van der Waals surface area contributed by atoms with Crippen molar-refractivity contribution < 1.29 is 18.0 Å². The second kappa shape index (κ2) is 6.31. The molecule has 0 N–H and O–H groups in total. The summed E-state index contributed by atoms with van der Waals surface area (Å²) in [4.78, 5) is 14.8. The van der Waals surface area contributed by atoms with Gasteiger partial charge in [-0.05, 0) is 28.8 Å². The Kier molecular flexibility index (Phi) is 4.20. The summed E-state index contributed by atoms with van der Waals surface area (Å²) in [5.41, 5.74) is 1.84. The first-order valence-electron chi connectivity index (χ1n) is 7.20. The summed E-state index contributed by atoms with van der Waals surface area (Å²) >= 11 is 0. The minimum atomic E-state index is -4.33. The molecular weight excluding hydrogens is 317 g/mol. The smallest absolute Gasteiger partial charge is 0.324 e. The van der Waals surface area contributed by atoms with E-state index in [1.165, 1.54) is 12.1 Å². The van der Waals surface area contributed by atoms with Gasteiger partial charge in [0.1, 0.15) is 0 Å². The molecule has 24 heavy (non-hydrogen) atoms. The molecule has 3 nitrogen and oxygen atoms in total. The number of nitrogens with zero attached hydrogens (tertiary/aromatic N) is 2. The van der Waals surface area contributed by atoms with Crippen LogP contribution in [0.15, 0.2) is 60.9 Å². The van der Waals surface area contributed by atoms with Gasteiger partial charge in [-0.2, -0.15) is 13.2 Å². The van der Waals surface area contributed by atoms with Crippen LogP contribution in [-0.2, 0) is 12.7 Å². The van der Waals surface area contributed by atoms with E-state index in [9.17, 15) is 18.0 Å². The third-order valence-electron chi connectivity index (χ3n) is 3.71. The summed E-state index contributed by atoms with van der Waals surface area (Å²) in [5.74, 6) is 0.349. The molecule has 1 aromatic heterocycles. The molecule has 0 fully saturated rings. The maximum Gasteiger partial charge on any atom is 0.416 e. The van der Waals surface area contributed by atoms with Crippen molar-refractivity contribution in [3.05, 3.63) is 77.9 Å². The molecular formula is C18H13F3N2O. The van der Waals surface area contributed by atoms with E-state index < -0.39 is 11.7 Å². The Balaban J connectivity index is 1.78. The van der Waals surface area contributed by atoms with Crippen LogP contribution >= 0.6 is 0 Å². The molecule has 0 aliphatic heterocycles. The summed E-state index contributed by atoms with van der Waals surface area (Å²) < 4.78 is 39.5. The van der Waals surface area contributed by atoms with Crippen LogP contribution in [-0.4, -0.2) is 15.8 Å². The highest BCUT2D eigenvalue weighted by Gasteiger charge is 2.29. The average molecular weight is 330 g/mol. The largest absolute Gasteiger partial charge is 0.416 e. The Bertz CT molecular complexity index is 834. The van der Waals surface area contributed by atoms with Crippen LogP contribution in [0.1, 0.15) is 21.7 Å². The van der Waals surface area contributed by atoms with Crippen LogP contribution in [0.25, 0.3) is 11.1 Å². The first-order valence-corrected chi connectivity index (χ1v) is 7.20. The van der Waals surface area contributed by atoms with E-state index >= 15 is 0 Å². The minimum Gasteiger partial charge on any atom is -0.324 e. The zero-order chi connectivity index (χ0) is 17.2. The molecule has 0 amide bonds. The monoisotopic (exact) mass is 330 g/mol. The highest BCUT2D eigenvalue weighted by molar-refractivity contribution is 5.69. The number of carbonyl (C=O) groups excluding carboxylic acids is 1. The van der Waals surface area contributed by atoms with E-state index in [0.29, 0.717) is 24.2 Å². The number of hydrogen-bond donors (Lipinski definition) is 0. The van der Waals surface area contributed by atoms with Gasteiger partial charge in [0.2, 0.25) is 0 Å². The van der Waals surface area contributed by atoms with Gasteiger partial charge in [-0.15, -0.1) is 0 Å². The van der Waals surface area contributed by atoms with Crippen LogP contribution in [0.2, 0.25) is 0 Å². The van der Waals surface area contributed by atoms with Crippen molar-refractivity contribution in [1.29, 1.82) is 0 Å². The number of rotatable bonds is 4.